The smallest absolute Gasteiger partial charge is 0.262 e. The van der Waals surface area contributed by atoms with Crippen molar-refractivity contribution in [1.82, 2.24) is 0 Å². The molecule has 1 aromatic heterocycles. The van der Waals surface area contributed by atoms with Gasteiger partial charge in [0.05, 0.1) is 0 Å². The lowest BCUT2D eigenvalue weighted by Gasteiger charge is -2.11. The van der Waals surface area contributed by atoms with Crippen molar-refractivity contribution in [3.63, 3.8) is 0 Å². The number of hydrogen-bond donors (Lipinski definition) is 0. The summed E-state index contributed by atoms with van der Waals surface area (Å²) in [5.74, 6) is 0. The summed E-state index contributed by atoms with van der Waals surface area (Å²) in [5.41, 5.74) is 5.15. The van der Waals surface area contributed by atoms with Crippen LogP contribution in [0.4, 0.5) is 5.69 Å². The maximum atomic E-state index is 2.47. The van der Waals surface area contributed by atoms with E-state index in [1.807, 2.05) is 11.3 Å². The molecule has 2 nitrogen and oxygen atoms in total. The molecule has 3 aromatic rings. The van der Waals surface area contributed by atoms with Crippen molar-refractivity contribution >= 4 is 39.4 Å². The highest BCUT2D eigenvalue weighted by molar-refractivity contribution is 7.18. The second kappa shape index (κ2) is 7.83. The fraction of sp³-hybridized carbons (Fsp3) is 0.318. The summed E-state index contributed by atoms with van der Waals surface area (Å²) < 4.78 is 3.84. The maximum Gasteiger partial charge on any atom is 0.262 e. The molecule has 2 aromatic carbocycles. The van der Waals surface area contributed by atoms with Crippen LogP contribution < -0.4 is 9.47 Å². The lowest BCUT2D eigenvalue weighted by Crippen LogP contribution is -2.34. The molecule has 0 saturated carbocycles. The van der Waals surface area contributed by atoms with Gasteiger partial charge in [-0.25, -0.2) is 0 Å². The minimum Gasteiger partial charge on any atom is -0.378 e. The van der Waals surface area contributed by atoms with Crippen LogP contribution in [0.15, 0.2) is 42.5 Å². The second-order valence-corrected chi connectivity index (χ2v) is 7.80. The molecule has 0 N–H and O–H groups in total. The van der Waals surface area contributed by atoms with Gasteiger partial charge in [0.1, 0.15) is 4.70 Å². The lowest BCUT2D eigenvalue weighted by molar-refractivity contribution is -0.669. The zero-order chi connectivity index (χ0) is 17.8. The van der Waals surface area contributed by atoms with Crippen LogP contribution >= 0.6 is 11.3 Å². The molecule has 0 unspecified atom stereocenters. The molecule has 0 spiro atoms. The first-order chi connectivity index (χ1) is 12.1. The van der Waals surface area contributed by atoms with E-state index in [-0.39, 0.29) is 0 Å². The normalized spacial score (nSPS) is 11.5. The molecule has 130 valence electrons. The van der Waals surface area contributed by atoms with Crippen LogP contribution in [0.25, 0.3) is 22.4 Å². The van der Waals surface area contributed by atoms with Crippen molar-refractivity contribution in [1.29, 1.82) is 0 Å². The third-order valence-electron chi connectivity index (χ3n) is 4.45. The van der Waals surface area contributed by atoms with E-state index in [9.17, 15) is 0 Å². The van der Waals surface area contributed by atoms with Gasteiger partial charge in [0, 0.05) is 38.3 Å². The molecule has 0 bridgehead atoms. The zero-order valence-electron chi connectivity index (χ0n) is 15.6. The van der Waals surface area contributed by atoms with Crippen molar-refractivity contribution in [3.05, 3.63) is 58.6 Å². The summed E-state index contributed by atoms with van der Waals surface area (Å²) in [6.45, 7) is 5.50. The molecule has 1 heterocycles. The largest absolute Gasteiger partial charge is 0.378 e. The van der Waals surface area contributed by atoms with Crippen LogP contribution in [-0.4, -0.2) is 14.1 Å². The van der Waals surface area contributed by atoms with E-state index in [0.29, 0.717) is 0 Å². The molecule has 25 heavy (non-hydrogen) atoms. The number of anilines is 1. The molecule has 0 aliphatic carbocycles. The minimum atomic E-state index is 1.08. The fourth-order valence-electron chi connectivity index (χ4n) is 2.93. The average Bonchev–Trinajstić information content (AvgIpc) is 2.95. The molecule has 0 radical (unpaired) electrons. The number of fused-ring (bicyclic) bond motifs is 1. The SMILES string of the molecule is CCCC[n+]1c(C=Cc2ccc(N(C)C)cc2)sc2cc(C)ccc21. The Hall–Kier alpha value is -2.13. The van der Waals surface area contributed by atoms with Crippen molar-refractivity contribution in [2.45, 2.75) is 33.2 Å². The molecule has 0 amide bonds. The number of rotatable bonds is 6. The van der Waals surface area contributed by atoms with Crippen LogP contribution in [0, 0.1) is 6.92 Å². The second-order valence-electron chi connectivity index (χ2n) is 6.74. The molecule has 3 rings (SSSR count). The van der Waals surface area contributed by atoms with Crippen molar-refractivity contribution in [2.24, 2.45) is 0 Å². The number of thiazole rings is 1. The van der Waals surface area contributed by atoms with Gasteiger partial charge in [-0.3, -0.25) is 0 Å². The monoisotopic (exact) mass is 351 g/mol. The minimum absolute atomic E-state index is 1.08. The number of benzene rings is 2. The van der Waals surface area contributed by atoms with E-state index in [2.05, 4.69) is 92.0 Å². The van der Waals surface area contributed by atoms with E-state index in [1.54, 1.807) is 0 Å². The summed E-state index contributed by atoms with van der Waals surface area (Å²) in [7, 11) is 4.14. The number of aromatic nitrogens is 1. The highest BCUT2D eigenvalue weighted by Crippen LogP contribution is 2.24. The molecular formula is C22H27N2S+. The van der Waals surface area contributed by atoms with E-state index in [1.165, 1.54) is 44.9 Å². The number of nitrogens with zero attached hydrogens (tertiary/aromatic N) is 2. The Bertz CT molecular complexity index is 873. The molecule has 0 atom stereocenters. The molecule has 0 aliphatic rings. The lowest BCUT2D eigenvalue weighted by atomic mass is 10.2. The van der Waals surface area contributed by atoms with E-state index < -0.39 is 0 Å². The first-order valence-electron chi connectivity index (χ1n) is 8.97. The van der Waals surface area contributed by atoms with Crippen molar-refractivity contribution in [3.8, 4) is 0 Å². The quantitative estimate of drug-likeness (QED) is 0.529. The summed E-state index contributed by atoms with van der Waals surface area (Å²) in [5, 5.41) is 1.32. The molecule has 3 heteroatoms. The first kappa shape index (κ1) is 17.7. The Morgan fingerprint density at radius 3 is 2.48 bits per heavy atom. The van der Waals surface area contributed by atoms with Gasteiger partial charge in [0.25, 0.3) is 5.01 Å². The van der Waals surface area contributed by atoms with Gasteiger partial charge in [-0.1, -0.05) is 42.9 Å². The Balaban J connectivity index is 1.93. The molecule has 0 fully saturated rings. The summed E-state index contributed by atoms with van der Waals surface area (Å²) in [4.78, 5) is 2.13. The topological polar surface area (TPSA) is 7.12 Å². The van der Waals surface area contributed by atoms with Gasteiger partial charge in [0.15, 0.2) is 6.54 Å². The van der Waals surface area contributed by atoms with Gasteiger partial charge < -0.3 is 4.90 Å². The predicted octanol–water partition coefficient (Wildman–Crippen LogP) is 5.53. The first-order valence-corrected chi connectivity index (χ1v) is 9.78. The van der Waals surface area contributed by atoms with E-state index in [0.717, 1.165) is 6.54 Å². The van der Waals surface area contributed by atoms with Crippen molar-refractivity contribution < 1.29 is 4.57 Å². The Labute approximate surface area is 155 Å². The van der Waals surface area contributed by atoms with Gasteiger partial charge in [0.2, 0.25) is 5.52 Å². The van der Waals surface area contributed by atoms with E-state index >= 15 is 0 Å². The van der Waals surface area contributed by atoms with Crippen LogP contribution in [0.3, 0.4) is 0 Å². The summed E-state index contributed by atoms with van der Waals surface area (Å²) in [6.07, 6.45) is 6.91. The van der Waals surface area contributed by atoms with Crippen LogP contribution in [0.1, 0.15) is 35.9 Å². The maximum absolute atomic E-state index is 2.47. The van der Waals surface area contributed by atoms with Crippen molar-refractivity contribution in [2.75, 3.05) is 19.0 Å². The van der Waals surface area contributed by atoms with Crippen LogP contribution in [0.5, 0.6) is 0 Å². The molecular weight excluding hydrogens is 324 g/mol. The zero-order valence-corrected chi connectivity index (χ0v) is 16.4. The summed E-state index contributed by atoms with van der Waals surface area (Å²) >= 11 is 1.88. The number of hydrogen-bond acceptors (Lipinski definition) is 2. The van der Waals surface area contributed by atoms with Gasteiger partial charge >= 0.3 is 0 Å². The molecule has 0 saturated heterocycles. The van der Waals surface area contributed by atoms with E-state index in [4.69, 9.17) is 0 Å². The summed E-state index contributed by atoms with van der Waals surface area (Å²) in [6, 6.07) is 15.5. The predicted molar refractivity (Wildman–Crippen MR) is 111 cm³/mol. The average molecular weight is 352 g/mol. The highest BCUT2D eigenvalue weighted by atomic mass is 32.1. The Morgan fingerprint density at radius 2 is 1.80 bits per heavy atom. The number of unbranched alkanes of at least 4 members (excludes halogenated alkanes) is 1. The van der Waals surface area contributed by atoms with Crippen LogP contribution in [-0.2, 0) is 6.54 Å². The van der Waals surface area contributed by atoms with Gasteiger partial charge in [-0.2, -0.15) is 4.57 Å². The Kier molecular flexibility index (Phi) is 5.54. The van der Waals surface area contributed by atoms with Gasteiger partial charge in [-0.15, -0.1) is 0 Å². The Morgan fingerprint density at radius 1 is 1.04 bits per heavy atom. The highest BCUT2D eigenvalue weighted by Gasteiger charge is 2.17. The third kappa shape index (κ3) is 4.10. The fourth-order valence-corrected chi connectivity index (χ4v) is 4.12. The van der Waals surface area contributed by atoms with Gasteiger partial charge in [-0.05, 0) is 42.3 Å². The molecule has 0 aliphatic heterocycles. The number of aryl methyl sites for hydroxylation is 2. The van der Waals surface area contributed by atoms with Crippen LogP contribution in [0.2, 0.25) is 0 Å². The third-order valence-corrected chi connectivity index (χ3v) is 5.56. The standard InChI is InChI=1S/C22H27N2S/c1-5-6-15-24-20-13-7-17(2)16-21(20)25-22(24)14-10-18-8-11-19(12-9-18)23(3)4/h7-14,16H,5-6,15H2,1-4H3/q+1.